The molecule has 1 unspecified atom stereocenters. The summed E-state index contributed by atoms with van der Waals surface area (Å²) in [5.41, 5.74) is 9.06. The first kappa shape index (κ1) is 11.8. The van der Waals surface area contributed by atoms with E-state index < -0.39 is 0 Å². The highest BCUT2D eigenvalue weighted by molar-refractivity contribution is 6.06. The van der Waals surface area contributed by atoms with Gasteiger partial charge < -0.3 is 10.6 Å². The SMILES string of the molecule is CC1Cc2cc(N)ccc2N1C(=O)c1ccn(C)n1. The molecule has 1 aliphatic heterocycles. The van der Waals surface area contributed by atoms with Crippen molar-refractivity contribution in [3.8, 4) is 0 Å². The van der Waals surface area contributed by atoms with Gasteiger partial charge in [0.1, 0.15) is 0 Å². The van der Waals surface area contributed by atoms with Gasteiger partial charge in [-0.25, -0.2) is 0 Å². The summed E-state index contributed by atoms with van der Waals surface area (Å²) in [7, 11) is 1.80. The summed E-state index contributed by atoms with van der Waals surface area (Å²) in [4.78, 5) is 14.3. The molecule has 0 saturated heterocycles. The van der Waals surface area contributed by atoms with Crippen LogP contribution >= 0.6 is 0 Å². The van der Waals surface area contributed by atoms with Crippen LogP contribution in [0, 0.1) is 0 Å². The molecule has 0 fully saturated rings. The van der Waals surface area contributed by atoms with Crippen LogP contribution in [0.15, 0.2) is 30.5 Å². The van der Waals surface area contributed by atoms with Crippen molar-refractivity contribution in [1.29, 1.82) is 0 Å². The fourth-order valence-corrected chi connectivity index (χ4v) is 2.61. The first-order valence-corrected chi connectivity index (χ1v) is 6.28. The molecule has 0 saturated carbocycles. The lowest BCUT2D eigenvalue weighted by Crippen LogP contribution is -2.36. The molecule has 1 aliphatic rings. The zero-order valence-electron chi connectivity index (χ0n) is 11.0. The summed E-state index contributed by atoms with van der Waals surface area (Å²) in [5.74, 6) is -0.0587. The first-order valence-electron chi connectivity index (χ1n) is 6.28. The van der Waals surface area contributed by atoms with E-state index in [0.29, 0.717) is 5.69 Å². The third-order valence-electron chi connectivity index (χ3n) is 3.47. The highest BCUT2D eigenvalue weighted by Gasteiger charge is 2.32. The van der Waals surface area contributed by atoms with Crippen molar-refractivity contribution in [1.82, 2.24) is 9.78 Å². The largest absolute Gasteiger partial charge is 0.399 e. The second kappa shape index (κ2) is 4.12. The van der Waals surface area contributed by atoms with Crippen LogP contribution in [0.4, 0.5) is 11.4 Å². The van der Waals surface area contributed by atoms with Gasteiger partial charge >= 0.3 is 0 Å². The third kappa shape index (κ3) is 1.87. The molecule has 98 valence electrons. The van der Waals surface area contributed by atoms with E-state index in [4.69, 9.17) is 5.73 Å². The number of benzene rings is 1. The topological polar surface area (TPSA) is 64.2 Å². The van der Waals surface area contributed by atoms with Crippen LogP contribution in [0.5, 0.6) is 0 Å². The van der Waals surface area contributed by atoms with Crippen LogP contribution in [0.1, 0.15) is 23.0 Å². The number of carbonyl (C=O) groups is 1. The van der Waals surface area contributed by atoms with Crippen molar-refractivity contribution in [2.24, 2.45) is 7.05 Å². The molecule has 1 aromatic heterocycles. The second-order valence-electron chi connectivity index (χ2n) is 4.99. The Balaban J connectivity index is 2.00. The van der Waals surface area contributed by atoms with E-state index in [9.17, 15) is 4.79 Å². The standard InChI is InChI=1S/C14H16N4O/c1-9-7-10-8-11(15)3-4-13(10)18(9)14(19)12-5-6-17(2)16-12/h3-6,8-9H,7,15H2,1-2H3. The van der Waals surface area contributed by atoms with Gasteiger partial charge in [-0.1, -0.05) is 0 Å². The number of nitrogens with two attached hydrogens (primary N) is 1. The van der Waals surface area contributed by atoms with Crippen LogP contribution < -0.4 is 10.6 Å². The molecule has 0 bridgehead atoms. The normalized spacial score (nSPS) is 17.6. The van der Waals surface area contributed by atoms with Gasteiger partial charge in [-0.05, 0) is 43.2 Å². The Labute approximate surface area is 111 Å². The van der Waals surface area contributed by atoms with Gasteiger partial charge in [0.25, 0.3) is 5.91 Å². The molecule has 2 heterocycles. The molecule has 0 radical (unpaired) electrons. The second-order valence-corrected chi connectivity index (χ2v) is 4.99. The molecule has 3 rings (SSSR count). The maximum Gasteiger partial charge on any atom is 0.279 e. The van der Waals surface area contributed by atoms with E-state index >= 15 is 0 Å². The number of fused-ring (bicyclic) bond motifs is 1. The molecule has 0 aliphatic carbocycles. The lowest BCUT2D eigenvalue weighted by molar-refractivity contribution is 0.0976. The number of carbonyl (C=O) groups excluding carboxylic acids is 1. The monoisotopic (exact) mass is 256 g/mol. The van der Waals surface area contributed by atoms with Gasteiger partial charge in [0, 0.05) is 30.7 Å². The summed E-state index contributed by atoms with van der Waals surface area (Å²) in [6.45, 7) is 2.04. The highest BCUT2D eigenvalue weighted by atomic mass is 16.2. The zero-order chi connectivity index (χ0) is 13.6. The van der Waals surface area contributed by atoms with Crippen molar-refractivity contribution in [2.75, 3.05) is 10.6 Å². The first-order chi connectivity index (χ1) is 9.06. The van der Waals surface area contributed by atoms with Gasteiger partial charge in [-0.2, -0.15) is 5.10 Å². The number of anilines is 2. The van der Waals surface area contributed by atoms with E-state index in [1.807, 2.05) is 25.1 Å². The van der Waals surface area contributed by atoms with Crippen LogP contribution in [0.25, 0.3) is 0 Å². The van der Waals surface area contributed by atoms with Crippen LogP contribution in [0.2, 0.25) is 0 Å². The summed E-state index contributed by atoms with van der Waals surface area (Å²) >= 11 is 0. The molecule has 5 heteroatoms. The predicted octanol–water partition coefficient (Wildman–Crippen LogP) is 1.59. The molecule has 2 aromatic rings. The third-order valence-corrected chi connectivity index (χ3v) is 3.47. The fourth-order valence-electron chi connectivity index (χ4n) is 2.61. The molecular weight excluding hydrogens is 240 g/mol. The number of nitrogen functional groups attached to an aromatic ring is 1. The average Bonchev–Trinajstić information content (AvgIpc) is 2.91. The Morgan fingerprint density at radius 3 is 2.89 bits per heavy atom. The molecule has 1 aromatic carbocycles. The van der Waals surface area contributed by atoms with Gasteiger partial charge in [-0.15, -0.1) is 0 Å². The molecule has 2 N–H and O–H groups in total. The van der Waals surface area contributed by atoms with E-state index in [1.54, 1.807) is 28.9 Å². The van der Waals surface area contributed by atoms with Gasteiger partial charge in [0.15, 0.2) is 5.69 Å². The van der Waals surface area contributed by atoms with Crippen molar-refractivity contribution >= 4 is 17.3 Å². The molecule has 1 atom stereocenters. The summed E-state index contributed by atoms with van der Waals surface area (Å²) < 4.78 is 1.64. The van der Waals surface area contributed by atoms with Gasteiger partial charge in [0.2, 0.25) is 0 Å². The van der Waals surface area contributed by atoms with Crippen molar-refractivity contribution in [2.45, 2.75) is 19.4 Å². The number of hydrogen-bond acceptors (Lipinski definition) is 3. The van der Waals surface area contributed by atoms with Gasteiger partial charge in [-0.3, -0.25) is 9.48 Å². The van der Waals surface area contributed by atoms with Crippen LogP contribution in [0.3, 0.4) is 0 Å². The Kier molecular flexibility index (Phi) is 2.55. The van der Waals surface area contributed by atoms with E-state index in [0.717, 1.165) is 23.4 Å². The van der Waals surface area contributed by atoms with E-state index in [2.05, 4.69) is 5.10 Å². The molecule has 1 amide bonds. The minimum atomic E-state index is -0.0587. The van der Waals surface area contributed by atoms with E-state index in [1.165, 1.54) is 0 Å². The van der Waals surface area contributed by atoms with Crippen molar-refractivity contribution in [3.63, 3.8) is 0 Å². The minimum Gasteiger partial charge on any atom is -0.399 e. The van der Waals surface area contributed by atoms with Crippen LogP contribution in [-0.2, 0) is 13.5 Å². The number of aryl methyl sites for hydroxylation is 1. The highest BCUT2D eigenvalue weighted by Crippen LogP contribution is 2.34. The quantitative estimate of drug-likeness (QED) is 0.788. The minimum absolute atomic E-state index is 0.0587. The van der Waals surface area contributed by atoms with Gasteiger partial charge in [0.05, 0.1) is 0 Å². The zero-order valence-corrected chi connectivity index (χ0v) is 11.0. The van der Waals surface area contributed by atoms with E-state index in [-0.39, 0.29) is 11.9 Å². The lowest BCUT2D eigenvalue weighted by atomic mass is 10.1. The maximum atomic E-state index is 12.5. The number of nitrogens with zero attached hydrogens (tertiary/aromatic N) is 3. The summed E-state index contributed by atoms with van der Waals surface area (Å²) in [5, 5.41) is 4.18. The molecule has 0 spiro atoms. The lowest BCUT2D eigenvalue weighted by Gasteiger charge is -2.21. The van der Waals surface area contributed by atoms with Crippen molar-refractivity contribution < 1.29 is 4.79 Å². The Bertz CT molecular complexity index is 647. The van der Waals surface area contributed by atoms with Crippen molar-refractivity contribution in [3.05, 3.63) is 41.7 Å². The number of amides is 1. The fraction of sp³-hybridized carbons (Fsp3) is 0.286. The number of rotatable bonds is 1. The number of hydrogen-bond donors (Lipinski definition) is 1. The smallest absolute Gasteiger partial charge is 0.279 e. The summed E-state index contributed by atoms with van der Waals surface area (Å²) in [6.07, 6.45) is 2.61. The summed E-state index contributed by atoms with van der Waals surface area (Å²) in [6, 6.07) is 7.55. The van der Waals surface area contributed by atoms with Crippen LogP contribution in [-0.4, -0.2) is 21.7 Å². The number of aromatic nitrogens is 2. The Morgan fingerprint density at radius 1 is 1.42 bits per heavy atom. The maximum absolute atomic E-state index is 12.5. The molecule has 5 nitrogen and oxygen atoms in total. The Hall–Kier alpha value is -2.30. The molecular formula is C14H16N4O. The average molecular weight is 256 g/mol. The Morgan fingerprint density at radius 2 is 2.21 bits per heavy atom. The predicted molar refractivity (Wildman–Crippen MR) is 74.0 cm³/mol. The molecule has 19 heavy (non-hydrogen) atoms.